The van der Waals surface area contributed by atoms with Gasteiger partial charge in [-0.1, -0.05) is 13.8 Å². The zero-order valence-electron chi connectivity index (χ0n) is 23.0. The molecule has 0 aromatic heterocycles. The average Bonchev–Trinajstić information content (AvgIpc) is 3.57. The van der Waals surface area contributed by atoms with Crippen molar-refractivity contribution >= 4 is 41.4 Å². The molecule has 2 aliphatic rings. The standard InChI is InChI=1S/C25H41N7O8/c1-13(2)20(25(39)40)30-22(36)16-5-3-11-31(16)24(38)17-6-4-12-32(17)23(37)15(8-10-19(28)34)29-21(35)14(26)7-9-18(27)33/h13-17,20H,3-12,26H2,1-2H3,(H2,27,33)(H2,28,34)(H,29,35)(H,30,36)(H,39,40)/t14-,15-,16-,17-,20-/m0/s1. The highest BCUT2D eigenvalue weighted by molar-refractivity contribution is 5.96. The number of aliphatic carboxylic acids is 1. The molecule has 15 nitrogen and oxygen atoms in total. The summed E-state index contributed by atoms with van der Waals surface area (Å²) < 4.78 is 0. The van der Waals surface area contributed by atoms with Gasteiger partial charge in [0.15, 0.2) is 0 Å². The fourth-order valence-corrected chi connectivity index (χ4v) is 5.00. The molecule has 2 saturated heterocycles. The third kappa shape index (κ3) is 8.63. The lowest BCUT2D eigenvalue weighted by atomic mass is 10.0. The summed E-state index contributed by atoms with van der Waals surface area (Å²) in [6, 6.07) is -5.22. The van der Waals surface area contributed by atoms with Crippen LogP contribution in [0.15, 0.2) is 0 Å². The van der Waals surface area contributed by atoms with Gasteiger partial charge in [0.1, 0.15) is 24.2 Å². The Hall–Kier alpha value is -3.75. The number of nitrogens with zero attached hydrogens (tertiary/aromatic N) is 2. The summed E-state index contributed by atoms with van der Waals surface area (Å²) >= 11 is 0. The van der Waals surface area contributed by atoms with Crippen molar-refractivity contribution in [3.05, 3.63) is 0 Å². The van der Waals surface area contributed by atoms with Gasteiger partial charge in [0.2, 0.25) is 35.4 Å². The van der Waals surface area contributed by atoms with Crippen molar-refractivity contribution in [1.82, 2.24) is 20.4 Å². The molecule has 2 aliphatic heterocycles. The minimum atomic E-state index is -1.20. The molecule has 224 valence electrons. The van der Waals surface area contributed by atoms with E-state index in [0.29, 0.717) is 25.7 Å². The number of carboxylic acid groups (broad SMARTS) is 1. The molecule has 2 fully saturated rings. The van der Waals surface area contributed by atoms with Gasteiger partial charge in [0.05, 0.1) is 6.04 Å². The summed E-state index contributed by atoms with van der Waals surface area (Å²) in [6.45, 7) is 3.81. The van der Waals surface area contributed by atoms with Gasteiger partial charge >= 0.3 is 5.97 Å². The van der Waals surface area contributed by atoms with E-state index >= 15 is 0 Å². The number of amides is 6. The Morgan fingerprint density at radius 2 is 1.40 bits per heavy atom. The van der Waals surface area contributed by atoms with E-state index in [1.54, 1.807) is 13.8 Å². The highest BCUT2D eigenvalue weighted by atomic mass is 16.4. The molecule has 0 radical (unpaired) electrons. The van der Waals surface area contributed by atoms with Crippen LogP contribution in [0.2, 0.25) is 0 Å². The predicted molar refractivity (Wildman–Crippen MR) is 141 cm³/mol. The smallest absolute Gasteiger partial charge is 0.326 e. The van der Waals surface area contributed by atoms with Gasteiger partial charge in [-0.2, -0.15) is 0 Å². The number of carboxylic acids is 1. The largest absolute Gasteiger partial charge is 0.480 e. The van der Waals surface area contributed by atoms with Crippen molar-refractivity contribution in [3.63, 3.8) is 0 Å². The highest BCUT2D eigenvalue weighted by Gasteiger charge is 2.44. The molecular formula is C25H41N7O8. The molecule has 6 amide bonds. The molecule has 5 atom stereocenters. The van der Waals surface area contributed by atoms with Crippen LogP contribution in [-0.4, -0.2) is 99.6 Å². The molecule has 2 rings (SSSR count). The Labute approximate surface area is 232 Å². The topological polar surface area (TPSA) is 248 Å². The molecule has 0 unspecified atom stereocenters. The fraction of sp³-hybridized carbons (Fsp3) is 0.720. The maximum Gasteiger partial charge on any atom is 0.326 e. The van der Waals surface area contributed by atoms with E-state index in [1.165, 1.54) is 9.80 Å². The minimum Gasteiger partial charge on any atom is -0.480 e. The predicted octanol–water partition coefficient (Wildman–Crippen LogP) is -2.46. The average molecular weight is 568 g/mol. The Kier molecular flexibility index (Phi) is 11.8. The zero-order chi connectivity index (χ0) is 30.1. The van der Waals surface area contributed by atoms with Gasteiger partial charge < -0.3 is 42.7 Å². The lowest BCUT2D eigenvalue weighted by Gasteiger charge is -2.33. The summed E-state index contributed by atoms with van der Waals surface area (Å²) in [5.41, 5.74) is 16.2. The number of likely N-dealkylation sites (tertiary alicyclic amines) is 2. The Balaban J connectivity index is 2.17. The Morgan fingerprint density at radius 1 is 0.850 bits per heavy atom. The van der Waals surface area contributed by atoms with Crippen LogP contribution in [0.3, 0.4) is 0 Å². The van der Waals surface area contributed by atoms with Crippen molar-refractivity contribution in [2.75, 3.05) is 13.1 Å². The molecule has 0 aromatic rings. The van der Waals surface area contributed by atoms with Gasteiger partial charge in [-0.25, -0.2) is 4.79 Å². The summed E-state index contributed by atoms with van der Waals surface area (Å²) in [7, 11) is 0. The van der Waals surface area contributed by atoms with Crippen molar-refractivity contribution in [2.45, 2.75) is 95.4 Å². The minimum absolute atomic E-state index is 0.0410. The molecule has 0 spiro atoms. The number of nitrogens with two attached hydrogens (primary N) is 3. The summed E-state index contributed by atoms with van der Waals surface area (Å²) in [6.07, 6.45) is 1.19. The van der Waals surface area contributed by atoms with E-state index in [-0.39, 0.29) is 44.7 Å². The second kappa shape index (κ2) is 14.6. The second-order valence-electron chi connectivity index (χ2n) is 10.6. The molecule has 2 heterocycles. The second-order valence-corrected chi connectivity index (χ2v) is 10.6. The first-order chi connectivity index (χ1) is 18.7. The molecule has 0 aliphatic carbocycles. The molecular weight excluding hydrogens is 526 g/mol. The molecule has 9 N–H and O–H groups in total. The van der Waals surface area contributed by atoms with Crippen LogP contribution in [0.25, 0.3) is 0 Å². The van der Waals surface area contributed by atoms with Crippen LogP contribution in [0.1, 0.15) is 65.2 Å². The summed E-state index contributed by atoms with van der Waals surface area (Å²) in [5, 5.41) is 14.5. The monoisotopic (exact) mass is 567 g/mol. The number of hydrogen-bond acceptors (Lipinski definition) is 8. The van der Waals surface area contributed by atoms with E-state index in [9.17, 15) is 38.7 Å². The first-order valence-electron chi connectivity index (χ1n) is 13.5. The van der Waals surface area contributed by atoms with Gasteiger partial charge in [-0.15, -0.1) is 0 Å². The number of carbonyl (C=O) groups excluding carboxylic acids is 6. The quantitative estimate of drug-likeness (QED) is 0.130. The van der Waals surface area contributed by atoms with Crippen molar-refractivity contribution in [1.29, 1.82) is 0 Å². The number of hydrogen-bond donors (Lipinski definition) is 6. The summed E-state index contributed by atoms with van der Waals surface area (Å²) in [4.78, 5) is 89.5. The molecule has 0 saturated carbocycles. The van der Waals surface area contributed by atoms with Gasteiger partial charge in [-0.3, -0.25) is 28.8 Å². The molecule has 0 bridgehead atoms. The Morgan fingerprint density at radius 3 is 1.95 bits per heavy atom. The number of rotatable bonds is 14. The zero-order valence-corrected chi connectivity index (χ0v) is 23.0. The number of carbonyl (C=O) groups is 7. The van der Waals surface area contributed by atoms with Crippen LogP contribution in [0.4, 0.5) is 0 Å². The van der Waals surface area contributed by atoms with Crippen LogP contribution < -0.4 is 27.8 Å². The maximum atomic E-state index is 13.6. The number of primary amides is 2. The van der Waals surface area contributed by atoms with E-state index < -0.39 is 71.6 Å². The van der Waals surface area contributed by atoms with Crippen LogP contribution in [0.5, 0.6) is 0 Å². The lowest BCUT2D eigenvalue weighted by molar-refractivity contribution is -0.149. The maximum absolute atomic E-state index is 13.6. The lowest BCUT2D eigenvalue weighted by Crippen LogP contribution is -2.58. The molecule has 15 heteroatoms. The van der Waals surface area contributed by atoms with Crippen molar-refractivity contribution in [2.24, 2.45) is 23.1 Å². The highest BCUT2D eigenvalue weighted by Crippen LogP contribution is 2.26. The SMILES string of the molecule is CC(C)[C@H](NC(=O)[C@@H]1CCCN1C(=O)[C@@H]1CCCN1C(=O)[C@H](CCC(N)=O)NC(=O)[C@@H](N)CCC(N)=O)C(=O)O. The first-order valence-corrected chi connectivity index (χ1v) is 13.5. The molecule has 40 heavy (non-hydrogen) atoms. The van der Waals surface area contributed by atoms with Gasteiger partial charge in [-0.05, 0) is 44.4 Å². The third-order valence-electron chi connectivity index (χ3n) is 7.22. The van der Waals surface area contributed by atoms with Crippen LogP contribution >= 0.6 is 0 Å². The number of nitrogens with one attached hydrogen (secondary N) is 2. The third-order valence-corrected chi connectivity index (χ3v) is 7.22. The van der Waals surface area contributed by atoms with E-state index in [0.717, 1.165) is 0 Å². The van der Waals surface area contributed by atoms with Crippen molar-refractivity contribution < 1.29 is 38.7 Å². The van der Waals surface area contributed by atoms with E-state index in [4.69, 9.17) is 17.2 Å². The first kappa shape index (κ1) is 32.5. The Bertz CT molecular complexity index is 1000. The van der Waals surface area contributed by atoms with Crippen LogP contribution in [-0.2, 0) is 33.6 Å². The normalized spacial score (nSPS) is 21.0. The van der Waals surface area contributed by atoms with E-state index in [2.05, 4.69) is 10.6 Å². The fourth-order valence-electron chi connectivity index (χ4n) is 5.00. The molecule has 0 aromatic carbocycles. The van der Waals surface area contributed by atoms with E-state index in [1.807, 2.05) is 0 Å². The van der Waals surface area contributed by atoms with Crippen LogP contribution in [0, 0.1) is 5.92 Å². The van der Waals surface area contributed by atoms with Gasteiger partial charge in [0.25, 0.3) is 0 Å². The van der Waals surface area contributed by atoms with Crippen molar-refractivity contribution in [3.8, 4) is 0 Å². The van der Waals surface area contributed by atoms with Gasteiger partial charge in [0, 0.05) is 25.9 Å². The summed E-state index contributed by atoms with van der Waals surface area (Å²) in [5.74, 6) is -5.21.